The Morgan fingerprint density at radius 2 is 1.85 bits per heavy atom. The Labute approximate surface area is 147 Å². The first-order valence-electron chi connectivity index (χ1n) is 8.23. The van der Waals surface area contributed by atoms with Crippen LogP contribution in [-0.4, -0.2) is 57.7 Å². The minimum absolute atomic E-state index is 0.176. The van der Waals surface area contributed by atoms with Crippen molar-refractivity contribution in [3.05, 3.63) is 42.5 Å². The molecule has 4 rings (SSSR count). The average molecular weight is 362 g/mol. The molecule has 136 valence electrons. The lowest BCUT2D eigenvalue weighted by Crippen LogP contribution is -2.44. The van der Waals surface area contributed by atoms with Crippen molar-refractivity contribution in [3.8, 4) is 11.1 Å². The average Bonchev–Trinajstić information content (AvgIpc) is 3.05. The zero-order valence-corrected chi connectivity index (χ0v) is 14.1. The number of pyridine rings is 1. The van der Waals surface area contributed by atoms with Crippen LogP contribution >= 0.6 is 0 Å². The number of piperazine rings is 1. The number of nitrogens with zero attached hydrogens (tertiary/aromatic N) is 6. The van der Waals surface area contributed by atoms with Gasteiger partial charge in [-0.25, -0.2) is 14.5 Å². The topological polar surface area (TPSA) is 49.6 Å². The number of halogens is 3. The van der Waals surface area contributed by atoms with E-state index in [2.05, 4.69) is 31.9 Å². The van der Waals surface area contributed by atoms with Crippen molar-refractivity contribution in [1.29, 1.82) is 0 Å². The molecule has 0 N–H and O–H groups in total. The van der Waals surface area contributed by atoms with Gasteiger partial charge in [0.1, 0.15) is 11.5 Å². The third kappa shape index (κ3) is 3.10. The van der Waals surface area contributed by atoms with E-state index >= 15 is 0 Å². The van der Waals surface area contributed by atoms with Crippen LogP contribution in [0.15, 0.2) is 36.8 Å². The summed E-state index contributed by atoms with van der Waals surface area (Å²) >= 11 is 0. The highest BCUT2D eigenvalue weighted by Crippen LogP contribution is 2.31. The number of likely N-dealkylation sites (N-methyl/N-ethyl adjacent to an activating group) is 1. The predicted octanol–water partition coefficient (Wildman–Crippen LogP) is 2.56. The third-order valence-corrected chi connectivity index (χ3v) is 4.54. The molecule has 3 aromatic rings. The summed E-state index contributed by atoms with van der Waals surface area (Å²) in [7, 11) is 2.07. The molecule has 1 fully saturated rings. The number of fused-ring (bicyclic) bond motifs is 1. The van der Waals surface area contributed by atoms with Crippen molar-refractivity contribution >= 4 is 11.5 Å². The van der Waals surface area contributed by atoms with E-state index in [1.807, 2.05) is 6.07 Å². The highest BCUT2D eigenvalue weighted by atomic mass is 19.4. The molecule has 0 radical (unpaired) electrons. The van der Waals surface area contributed by atoms with Crippen LogP contribution in [0.4, 0.5) is 19.0 Å². The Bertz CT molecular complexity index is 928. The lowest BCUT2D eigenvalue weighted by molar-refractivity contribution is -0.141. The van der Waals surface area contributed by atoms with Crippen molar-refractivity contribution in [3.63, 3.8) is 0 Å². The first-order chi connectivity index (χ1) is 12.4. The molecule has 1 aliphatic heterocycles. The SMILES string of the molecule is CN1CCN(c2cc(-c3cnn4ccc(C(F)(F)F)nc34)ccn2)CC1. The monoisotopic (exact) mass is 362 g/mol. The lowest BCUT2D eigenvalue weighted by atomic mass is 10.1. The normalized spacial score (nSPS) is 16.4. The van der Waals surface area contributed by atoms with Gasteiger partial charge in [-0.1, -0.05) is 0 Å². The van der Waals surface area contributed by atoms with Gasteiger partial charge in [0.2, 0.25) is 0 Å². The van der Waals surface area contributed by atoms with Crippen LogP contribution in [0.5, 0.6) is 0 Å². The van der Waals surface area contributed by atoms with E-state index in [1.165, 1.54) is 16.9 Å². The summed E-state index contributed by atoms with van der Waals surface area (Å²) in [5.74, 6) is 0.807. The molecule has 0 aliphatic carbocycles. The molecule has 3 aromatic heterocycles. The standard InChI is InChI=1S/C17H17F3N6/c1-24-6-8-25(9-7-24)15-10-12(2-4-21-15)13-11-22-26-5-3-14(17(18,19)20)23-16(13)26/h2-5,10-11H,6-9H2,1H3. The number of anilines is 1. The van der Waals surface area contributed by atoms with Crippen molar-refractivity contribution in [2.45, 2.75) is 6.18 Å². The fraction of sp³-hybridized carbons (Fsp3) is 0.353. The molecule has 0 saturated carbocycles. The molecule has 0 aromatic carbocycles. The molecule has 0 unspecified atom stereocenters. The molecule has 0 atom stereocenters. The maximum atomic E-state index is 13.0. The molecule has 26 heavy (non-hydrogen) atoms. The van der Waals surface area contributed by atoms with E-state index in [4.69, 9.17) is 0 Å². The predicted molar refractivity (Wildman–Crippen MR) is 90.9 cm³/mol. The molecule has 0 amide bonds. The van der Waals surface area contributed by atoms with Crippen molar-refractivity contribution < 1.29 is 13.2 Å². The van der Waals surface area contributed by atoms with E-state index in [-0.39, 0.29) is 5.65 Å². The summed E-state index contributed by atoms with van der Waals surface area (Å²) in [5.41, 5.74) is 0.542. The molecule has 4 heterocycles. The Morgan fingerprint density at radius 1 is 1.08 bits per heavy atom. The summed E-state index contributed by atoms with van der Waals surface area (Å²) < 4.78 is 40.3. The van der Waals surface area contributed by atoms with Gasteiger partial charge in [0, 0.05) is 44.1 Å². The van der Waals surface area contributed by atoms with E-state index in [0.29, 0.717) is 5.56 Å². The Balaban J connectivity index is 1.72. The number of alkyl halides is 3. The van der Waals surface area contributed by atoms with Crippen LogP contribution in [0.25, 0.3) is 16.8 Å². The second kappa shape index (κ2) is 6.24. The molecular formula is C17H17F3N6. The van der Waals surface area contributed by atoms with E-state index in [9.17, 15) is 13.2 Å². The maximum absolute atomic E-state index is 13.0. The van der Waals surface area contributed by atoms with Crippen LogP contribution in [0.2, 0.25) is 0 Å². The minimum Gasteiger partial charge on any atom is -0.354 e. The smallest absolute Gasteiger partial charge is 0.354 e. The molecule has 1 aliphatic rings. The number of hydrogen-bond acceptors (Lipinski definition) is 5. The largest absolute Gasteiger partial charge is 0.433 e. The molecule has 1 saturated heterocycles. The van der Waals surface area contributed by atoms with Gasteiger partial charge < -0.3 is 9.80 Å². The highest BCUT2D eigenvalue weighted by Gasteiger charge is 2.33. The minimum atomic E-state index is -4.49. The van der Waals surface area contributed by atoms with Gasteiger partial charge in [0.15, 0.2) is 5.65 Å². The van der Waals surface area contributed by atoms with Crippen LogP contribution in [0.3, 0.4) is 0 Å². The Kier molecular flexibility index (Phi) is 4.03. The number of aromatic nitrogens is 4. The van der Waals surface area contributed by atoms with Crippen LogP contribution in [-0.2, 0) is 6.18 Å². The zero-order chi connectivity index (χ0) is 18.3. The van der Waals surface area contributed by atoms with Gasteiger partial charge in [-0.05, 0) is 30.8 Å². The van der Waals surface area contributed by atoms with Gasteiger partial charge in [0.05, 0.1) is 6.20 Å². The fourth-order valence-electron chi connectivity index (χ4n) is 3.02. The quantitative estimate of drug-likeness (QED) is 0.701. The third-order valence-electron chi connectivity index (χ3n) is 4.54. The van der Waals surface area contributed by atoms with Gasteiger partial charge in [0.25, 0.3) is 0 Å². The maximum Gasteiger partial charge on any atom is 0.433 e. The summed E-state index contributed by atoms with van der Waals surface area (Å²) in [6.07, 6.45) is -0.0184. The first kappa shape index (κ1) is 16.8. The second-order valence-electron chi connectivity index (χ2n) is 6.33. The van der Waals surface area contributed by atoms with Crippen molar-refractivity contribution in [2.75, 3.05) is 38.1 Å². The fourth-order valence-corrected chi connectivity index (χ4v) is 3.02. The van der Waals surface area contributed by atoms with Crippen LogP contribution in [0.1, 0.15) is 5.69 Å². The van der Waals surface area contributed by atoms with E-state index in [1.54, 1.807) is 12.3 Å². The Hall–Kier alpha value is -2.68. The second-order valence-corrected chi connectivity index (χ2v) is 6.33. The Morgan fingerprint density at radius 3 is 2.58 bits per heavy atom. The number of hydrogen-bond donors (Lipinski definition) is 0. The number of rotatable bonds is 2. The lowest BCUT2D eigenvalue weighted by Gasteiger charge is -2.33. The highest BCUT2D eigenvalue weighted by molar-refractivity contribution is 5.78. The summed E-state index contributed by atoms with van der Waals surface area (Å²) in [6, 6.07) is 4.56. The summed E-state index contributed by atoms with van der Waals surface area (Å²) in [6.45, 7) is 3.61. The van der Waals surface area contributed by atoms with Crippen molar-refractivity contribution in [1.82, 2.24) is 24.5 Å². The summed E-state index contributed by atoms with van der Waals surface area (Å²) in [4.78, 5) is 12.6. The van der Waals surface area contributed by atoms with Gasteiger partial charge >= 0.3 is 6.18 Å². The van der Waals surface area contributed by atoms with E-state index < -0.39 is 11.9 Å². The van der Waals surface area contributed by atoms with Crippen LogP contribution < -0.4 is 4.90 Å². The molecule has 6 nitrogen and oxygen atoms in total. The van der Waals surface area contributed by atoms with Crippen molar-refractivity contribution in [2.24, 2.45) is 0 Å². The van der Waals surface area contributed by atoms with Crippen LogP contribution in [0, 0.1) is 0 Å². The van der Waals surface area contributed by atoms with Gasteiger partial charge in [-0.15, -0.1) is 0 Å². The first-order valence-corrected chi connectivity index (χ1v) is 8.23. The molecule has 9 heteroatoms. The summed E-state index contributed by atoms with van der Waals surface area (Å²) in [5, 5.41) is 4.12. The van der Waals surface area contributed by atoms with E-state index in [0.717, 1.165) is 43.6 Å². The van der Waals surface area contributed by atoms with Gasteiger partial charge in [-0.2, -0.15) is 18.3 Å². The van der Waals surface area contributed by atoms with Gasteiger partial charge in [-0.3, -0.25) is 0 Å². The molecular weight excluding hydrogens is 345 g/mol. The molecule has 0 spiro atoms. The zero-order valence-electron chi connectivity index (χ0n) is 14.1. The molecule has 0 bridgehead atoms.